The van der Waals surface area contributed by atoms with Crippen LogP contribution in [0, 0.1) is 6.92 Å². The molecule has 0 bridgehead atoms. The Bertz CT molecular complexity index is 456. The van der Waals surface area contributed by atoms with Gasteiger partial charge >= 0.3 is 6.98 Å². The zero-order chi connectivity index (χ0) is 14.0. The van der Waals surface area contributed by atoms with Crippen molar-refractivity contribution in [3.8, 4) is 0 Å². The molecular weight excluding hydrogens is 254 g/mol. The molecule has 19 heavy (non-hydrogen) atoms. The van der Waals surface area contributed by atoms with E-state index in [2.05, 4.69) is 10.2 Å². The van der Waals surface area contributed by atoms with Crippen LogP contribution in [0.3, 0.4) is 0 Å². The monoisotopic (exact) mass is 272 g/mol. The molecule has 106 valence electrons. The highest BCUT2D eigenvalue weighted by Gasteiger charge is 2.28. The van der Waals surface area contributed by atoms with Crippen molar-refractivity contribution in [1.29, 1.82) is 0 Å². The number of rotatable bonds is 3. The van der Waals surface area contributed by atoms with Crippen LogP contribution < -0.4 is 16.5 Å². The summed E-state index contributed by atoms with van der Waals surface area (Å²) in [6.07, 6.45) is 0. The van der Waals surface area contributed by atoms with Gasteiger partial charge in [0.05, 0.1) is 0 Å². The van der Waals surface area contributed by atoms with Crippen molar-refractivity contribution >= 4 is 18.1 Å². The van der Waals surface area contributed by atoms with Crippen LogP contribution in [0.25, 0.3) is 0 Å². The quantitative estimate of drug-likeness (QED) is 0.638. The maximum atomic E-state index is 13.0. The van der Waals surface area contributed by atoms with E-state index in [1.54, 1.807) is 6.07 Å². The third kappa shape index (κ3) is 3.42. The minimum atomic E-state index is -5.01. The van der Waals surface area contributed by atoms with Gasteiger partial charge in [0.25, 0.3) is 0 Å². The molecular formula is C12H18BF3N3-. The van der Waals surface area contributed by atoms with Crippen LogP contribution in [0.15, 0.2) is 12.1 Å². The first-order chi connectivity index (χ1) is 8.88. The molecule has 1 fully saturated rings. The average Bonchev–Trinajstić information content (AvgIpc) is 2.33. The van der Waals surface area contributed by atoms with Crippen molar-refractivity contribution in [1.82, 2.24) is 10.2 Å². The molecule has 0 aromatic heterocycles. The molecule has 1 aliphatic heterocycles. The molecule has 3 nitrogen and oxygen atoms in total. The fourth-order valence-corrected chi connectivity index (χ4v) is 2.38. The standard InChI is InChI=1S/C12H18BF3N3/c1-9-11(13(14,15)16)6-10(7-12(9)17)8-19-4-2-18-3-5-19/h6-7,18H,2-5,8,17H2,1H3/q-1. The topological polar surface area (TPSA) is 41.3 Å². The second-order valence-corrected chi connectivity index (χ2v) is 5.00. The molecule has 0 spiro atoms. The van der Waals surface area contributed by atoms with Crippen LogP contribution in [0.1, 0.15) is 11.1 Å². The lowest BCUT2D eigenvalue weighted by atomic mass is 9.76. The summed E-state index contributed by atoms with van der Waals surface area (Å²) in [5.74, 6) is 0. The second kappa shape index (κ2) is 5.42. The molecule has 7 heteroatoms. The van der Waals surface area contributed by atoms with Crippen molar-refractivity contribution in [3.05, 3.63) is 23.3 Å². The molecule has 1 aromatic carbocycles. The summed E-state index contributed by atoms with van der Waals surface area (Å²) < 4.78 is 38.9. The first-order valence-electron chi connectivity index (χ1n) is 6.40. The fraction of sp³-hybridized carbons (Fsp3) is 0.500. The van der Waals surface area contributed by atoms with Gasteiger partial charge in [0.1, 0.15) is 0 Å². The lowest BCUT2D eigenvalue weighted by Gasteiger charge is -2.28. The molecule has 0 atom stereocenters. The molecule has 2 rings (SSSR count). The Balaban J connectivity index is 2.23. The second-order valence-electron chi connectivity index (χ2n) is 5.00. The largest absolute Gasteiger partial charge is 0.509 e. The Morgan fingerprint density at radius 1 is 1.26 bits per heavy atom. The highest BCUT2D eigenvalue weighted by atomic mass is 19.4. The van der Waals surface area contributed by atoms with Crippen LogP contribution in [0.4, 0.5) is 18.6 Å². The van der Waals surface area contributed by atoms with Gasteiger partial charge in [-0.1, -0.05) is 11.6 Å². The Morgan fingerprint density at radius 3 is 2.47 bits per heavy atom. The van der Waals surface area contributed by atoms with Crippen LogP contribution in [0.2, 0.25) is 0 Å². The molecule has 1 heterocycles. The van der Waals surface area contributed by atoms with E-state index in [1.807, 2.05) is 0 Å². The van der Waals surface area contributed by atoms with Crippen LogP contribution in [0.5, 0.6) is 0 Å². The Hall–Kier alpha value is -1.21. The third-order valence-corrected chi connectivity index (χ3v) is 3.52. The highest BCUT2D eigenvalue weighted by Crippen LogP contribution is 2.19. The molecule has 1 aromatic rings. The van der Waals surface area contributed by atoms with Gasteiger partial charge in [-0.05, 0) is 18.6 Å². The zero-order valence-corrected chi connectivity index (χ0v) is 10.9. The fourth-order valence-electron chi connectivity index (χ4n) is 2.38. The van der Waals surface area contributed by atoms with E-state index < -0.39 is 12.4 Å². The van der Waals surface area contributed by atoms with Crippen LogP contribution in [-0.4, -0.2) is 38.1 Å². The summed E-state index contributed by atoms with van der Waals surface area (Å²) in [6, 6.07) is 2.90. The average molecular weight is 272 g/mol. The van der Waals surface area contributed by atoms with Gasteiger partial charge in [0.15, 0.2) is 0 Å². The number of nitrogen functional groups attached to an aromatic ring is 1. The number of hydrogen-bond acceptors (Lipinski definition) is 3. The number of piperazine rings is 1. The summed E-state index contributed by atoms with van der Waals surface area (Å²) in [6.45, 7) is 0.374. The van der Waals surface area contributed by atoms with Crippen LogP contribution >= 0.6 is 0 Å². The molecule has 1 saturated heterocycles. The van der Waals surface area contributed by atoms with Crippen molar-refractivity contribution < 1.29 is 12.9 Å². The van der Waals surface area contributed by atoms with E-state index in [0.29, 0.717) is 12.1 Å². The van der Waals surface area contributed by atoms with E-state index in [-0.39, 0.29) is 11.3 Å². The normalized spacial score (nSPS) is 17.7. The number of anilines is 1. The number of halogens is 3. The SMILES string of the molecule is Cc1c(N)cc(CN2CCNCC2)cc1[B-](F)(F)F. The molecule has 0 saturated carbocycles. The maximum Gasteiger partial charge on any atom is 0.509 e. The van der Waals surface area contributed by atoms with Gasteiger partial charge < -0.3 is 24.0 Å². The van der Waals surface area contributed by atoms with Gasteiger partial charge in [-0.25, -0.2) is 0 Å². The van der Waals surface area contributed by atoms with Crippen molar-refractivity contribution in [3.63, 3.8) is 0 Å². The van der Waals surface area contributed by atoms with E-state index >= 15 is 0 Å². The summed E-state index contributed by atoms with van der Waals surface area (Å²) in [5.41, 5.74) is 6.14. The number of nitrogens with zero attached hydrogens (tertiary/aromatic N) is 1. The maximum absolute atomic E-state index is 13.0. The third-order valence-electron chi connectivity index (χ3n) is 3.52. The Labute approximate surface area is 111 Å². The van der Waals surface area contributed by atoms with Gasteiger partial charge in [0, 0.05) is 38.4 Å². The van der Waals surface area contributed by atoms with E-state index in [4.69, 9.17) is 5.73 Å². The number of hydrogen-bond donors (Lipinski definition) is 2. The molecule has 1 aliphatic rings. The summed E-state index contributed by atoms with van der Waals surface area (Å²) >= 11 is 0. The number of benzene rings is 1. The predicted octanol–water partition coefficient (Wildman–Crippen LogP) is 1.04. The zero-order valence-electron chi connectivity index (χ0n) is 10.9. The molecule has 0 aliphatic carbocycles. The van der Waals surface area contributed by atoms with E-state index in [1.165, 1.54) is 13.0 Å². The summed E-state index contributed by atoms with van der Waals surface area (Å²) in [4.78, 5) is 2.13. The molecule has 0 unspecified atom stereocenters. The highest BCUT2D eigenvalue weighted by molar-refractivity contribution is 6.74. The van der Waals surface area contributed by atoms with Gasteiger partial charge in [-0.2, -0.15) is 0 Å². The Morgan fingerprint density at radius 2 is 1.89 bits per heavy atom. The number of nitrogens with one attached hydrogen (secondary N) is 1. The summed E-state index contributed by atoms with van der Waals surface area (Å²) in [5, 5.41) is 3.21. The first-order valence-corrected chi connectivity index (χ1v) is 6.40. The lowest BCUT2D eigenvalue weighted by molar-refractivity contribution is 0.233. The van der Waals surface area contributed by atoms with Crippen LogP contribution in [-0.2, 0) is 6.54 Å². The van der Waals surface area contributed by atoms with E-state index in [9.17, 15) is 12.9 Å². The minimum absolute atomic E-state index is 0.136. The molecule has 0 radical (unpaired) electrons. The smallest absolute Gasteiger partial charge is 0.445 e. The summed E-state index contributed by atoms with van der Waals surface area (Å²) in [7, 11) is 0. The Kier molecular flexibility index (Phi) is 4.06. The van der Waals surface area contributed by atoms with E-state index in [0.717, 1.165) is 26.2 Å². The first kappa shape index (κ1) is 14.2. The van der Waals surface area contributed by atoms with Gasteiger partial charge in [-0.3, -0.25) is 4.90 Å². The predicted molar refractivity (Wildman–Crippen MR) is 72.5 cm³/mol. The van der Waals surface area contributed by atoms with Gasteiger partial charge in [0.2, 0.25) is 0 Å². The van der Waals surface area contributed by atoms with Crippen molar-refractivity contribution in [2.45, 2.75) is 13.5 Å². The minimum Gasteiger partial charge on any atom is -0.445 e. The van der Waals surface area contributed by atoms with Gasteiger partial charge in [-0.15, -0.1) is 5.46 Å². The lowest BCUT2D eigenvalue weighted by Crippen LogP contribution is -2.43. The van der Waals surface area contributed by atoms with Crippen molar-refractivity contribution in [2.75, 3.05) is 31.9 Å². The van der Waals surface area contributed by atoms with Crippen molar-refractivity contribution in [2.24, 2.45) is 0 Å². The molecule has 3 N–H and O–H groups in total. The number of nitrogens with two attached hydrogens (primary N) is 1. The molecule has 0 amide bonds.